The van der Waals surface area contributed by atoms with E-state index in [2.05, 4.69) is 19.9 Å². The van der Waals surface area contributed by atoms with Gasteiger partial charge in [-0.05, 0) is 12.5 Å². The van der Waals surface area contributed by atoms with Gasteiger partial charge in [-0.2, -0.15) is 9.97 Å². The lowest BCUT2D eigenvalue weighted by Gasteiger charge is -2.54. The number of nitro groups is 2. The molecule has 3 saturated heterocycles. The van der Waals surface area contributed by atoms with Crippen LogP contribution in [0.1, 0.15) is 0 Å². The van der Waals surface area contributed by atoms with Crippen LogP contribution in [0.3, 0.4) is 0 Å². The maximum atomic E-state index is 11.7. The fourth-order valence-corrected chi connectivity index (χ4v) is 7.19. The zero-order chi connectivity index (χ0) is 28.7. The summed E-state index contributed by atoms with van der Waals surface area (Å²) in [7, 11) is 0. The Balaban J connectivity index is 1.23. The Morgan fingerprint density at radius 3 is 1.25 bits per heavy atom. The summed E-state index contributed by atoms with van der Waals surface area (Å²) >= 11 is 14.9. The monoisotopic (exact) mass is 632 g/mol. The topological polar surface area (TPSA) is 144 Å². The second-order valence-electron chi connectivity index (χ2n) is 10.3. The van der Waals surface area contributed by atoms with Crippen LogP contribution >= 0.6 is 46.7 Å². The molecule has 2 spiro atoms. The van der Waals surface area contributed by atoms with E-state index in [1.165, 1.54) is 23.5 Å². The Morgan fingerprint density at radius 2 is 0.975 bits per heavy atom. The molecule has 216 valence electrons. The van der Waals surface area contributed by atoms with E-state index >= 15 is 0 Å². The van der Waals surface area contributed by atoms with Gasteiger partial charge in [-0.3, -0.25) is 20.2 Å². The zero-order valence-corrected chi connectivity index (χ0v) is 25.3. The number of piperazine rings is 3. The summed E-state index contributed by atoms with van der Waals surface area (Å²) in [6.45, 7) is 10.2. The van der Waals surface area contributed by atoms with Crippen molar-refractivity contribution in [3.05, 3.63) is 30.5 Å². The van der Waals surface area contributed by atoms with E-state index in [9.17, 15) is 20.2 Å². The Hall–Kier alpha value is -2.24. The minimum Gasteiger partial charge on any atom is -0.339 e. The van der Waals surface area contributed by atoms with Gasteiger partial charge in [0.25, 0.3) is 0 Å². The average Bonchev–Trinajstić information content (AvgIpc) is 2.94. The molecule has 3 fully saturated rings. The third kappa shape index (κ3) is 5.61. The van der Waals surface area contributed by atoms with Crippen molar-refractivity contribution in [2.75, 3.05) is 101 Å². The fourth-order valence-electron chi connectivity index (χ4n) is 5.90. The highest BCUT2D eigenvalue weighted by Gasteiger charge is 2.46. The molecule has 3 aliphatic rings. The Morgan fingerprint density at radius 1 is 0.650 bits per heavy atom. The van der Waals surface area contributed by atoms with Crippen LogP contribution in [0.15, 0.2) is 10.3 Å². The van der Waals surface area contributed by atoms with E-state index in [-0.39, 0.29) is 21.7 Å². The number of anilines is 2. The molecule has 14 nitrogen and oxygen atoms in total. The van der Waals surface area contributed by atoms with Crippen molar-refractivity contribution in [2.24, 2.45) is 0 Å². The van der Waals surface area contributed by atoms with Crippen LogP contribution < -0.4 is 9.80 Å². The smallest absolute Gasteiger partial charge is 0.339 e. The van der Waals surface area contributed by atoms with Gasteiger partial charge in [0.05, 0.1) is 62.2 Å². The predicted molar refractivity (Wildman–Crippen MR) is 155 cm³/mol. The van der Waals surface area contributed by atoms with Gasteiger partial charge in [0.15, 0.2) is 10.3 Å². The molecular formula is C22H30Cl2N10O4S2+2. The van der Waals surface area contributed by atoms with Crippen LogP contribution in [0.4, 0.5) is 23.0 Å². The largest absolute Gasteiger partial charge is 0.348 e. The van der Waals surface area contributed by atoms with Gasteiger partial charge in [-0.25, -0.2) is 9.97 Å². The lowest BCUT2D eigenvalue weighted by atomic mass is 10.1. The highest BCUT2D eigenvalue weighted by Crippen LogP contribution is 2.37. The van der Waals surface area contributed by atoms with Crippen molar-refractivity contribution in [1.82, 2.24) is 19.9 Å². The molecule has 0 unspecified atom stereocenters. The van der Waals surface area contributed by atoms with E-state index < -0.39 is 9.85 Å². The summed E-state index contributed by atoms with van der Waals surface area (Å²) in [6, 6.07) is 0. The van der Waals surface area contributed by atoms with E-state index in [1.807, 2.05) is 22.3 Å². The van der Waals surface area contributed by atoms with Crippen LogP contribution in [0, 0.1) is 20.2 Å². The van der Waals surface area contributed by atoms with Crippen molar-refractivity contribution in [3.8, 4) is 0 Å². The molecule has 0 saturated carbocycles. The van der Waals surface area contributed by atoms with E-state index in [1.54, 1.807) is 0 Å². The van der Waals surface area contributed by atoms with Crippen LogP contribution in [-0.4, -0.2) is 130 Å². The van der Waals surface area contributed by atoms with Gasteiger partial charge >= 0.3 is 11.4 Å². The molecule has 0 aliphatic carbocycles. The third-order valence-electron chi connectivity index (χ3n) is 8.41. The van der Waals surface area contributed by atoms with Gasteiger partial charge in [0, 0.05) is 0 Å². The molecule has 0 amide bonds. The minimum absolute atomic E-state index is 0.128. The molecule has 40 heavy (non-hydrogen) atoms. The molecule has 2 aromatic rings. The van der Waals surface area contributed by atoms with E-state index in [0.29, 0.717) is 48.1 Å². The standard InChI is InChI=1S/C22H30Cl2N10O4S2/c1-39-21-25-17(23)15(31(35)36)19(27-21)29-3-7-33(8-4-29)11-13-34(14-12-33)9-5-30(6-10-34)20-16(32(37)38)18(24)26-22(28-20)40-2/h3-14H2,1-2H3/q+2. The highest BCUT2D eigenvalue weighted by molar-refractivity contribution is 7.98. The number of rotatable bonds is 6. The Kier molecular flexibility index (Phi) is 8.46. The van der Waals surface area contributed by atoms with Gasteiger partial charge < -0.3 is 18.8 Å². The number of thioether (sulfide) groups is 2. The average molecular weight is 634 g/mol. The van der Waals surface area contributed by atoms with Crippen molar-refractivity contribution < 1.29 is 18.8 Å². The summed E-state index contributed by atoms with van der Waals surface area (Å²) in [5.41, 5.74) is -0.465. The van der Waals surface area contributed by atoms with Gasteiger partial charge in [-0.1, -0.05) is 46.7 Å². The van der Waals surface area contributed by atoms with Crippen LogP contribution in [0.5, 0.6) is 0 Å². The molecule has 0 atom stereocenters. The predicted octanol–water partition coefficient (Wildman–Crippen LogP) is 2.82. The first-order chi connectivity index (χ1) is 19.1. The number of hydrogen-bond donors (Lipinski definition) is 0. The number of hydrogen-bond acceptors (Lipinski definition) is 12. The molecule has 0 radical (unpaired) electrons. The zero-order valence-electron chi connectivity index (χ0n) is 22.2. The molecule has 0 bridgehead atoms. The normalized spacial score (nSPS) is 20.2. The van der Waals surface area contributed by atoms with Crippen molar-refractivity contribution in [1.29, 1.82) is 0 Å². The molecular weight excluding hydrogens is 603 g/mol. The first-order valence-electron chi connectivity index (χ1n) is 12.8. The summed E-state index contributed by atoms with van der Waals surface area (Å²) in [6.07, 6.45) is 3.63. The molecule has 5 rings (SSSR count). The molecule has 2 aromatic heterocycles. The molecule has 0 aromatic carbocycles. The first-order valence-corrected chi connectivity index (χ1v) is 16.0. The van der Waals surface area contributed by atoms with Crippen molar-refractivity contribution >= 4 is 69.7 Å². The van der Waals surface area contributed by atoms with Crippen molar-refractivity contribution in [2.45, 2.75) is 10.3 Å². The summed E-state index contributed by atoms with van der Waals surface area (Å²) in [4.78, 5) is 43.3. The van der Waals surface area contributed by atoms with Crippen molar-refractivity contribution in [3.63, 3.8) is 0 Å². The number of nitrogens with zero attached hydrogens (tertiary/aromatic N) is 10. The number of quaternary nitrogens is 2. The maximum absolute atomic E-state index is 11.7. The second-order valence-corrected chi connectivity index (χ2v) is 12.6. The molecule has 3 aliphatic heterocycles. The Bertz CT molecular complexity index is 1210. The van der Waals surface area contributed by atoms with E-state index in [4.69, 9.17) is 23.2 Å². The number of halogens is 2. The molecule has 18 heteroatoms. The number of aromatic nitrogens is 4. The summed E-state index contributed by atoms with van der Waals surface area (Å²) < 4.78 is 1.96. The van der Waals surface area contributed by atoms with Gasteiger partial charge in [0.2, 0.25) is 21.9 Å². The second kappa shape index (κ2) is 11.6. The third-order valence-corrected chi connectivity index (χ3v) is 10.0. The molecule has 5 heterocycles. The van der Waals surface area contributed by atoms with Gasteiger partial charge in [0.1, 0.15) is 26.2 Å². The highest BCUT2D eigenvalue weighted by atomic mass is 35.5. The van der Waals surface area contributed by atoms with Crippen LogP contribution in [0.2, 0.25) is 10.3 Å². The van der Waals surface area contributed by atoms with Gasteiger partial charge in [-0.15, -0.1) is 0 Å². The fraction of sp³-hybridized carbons (Fsp3) is 0.636. The summed E-state index contributed by atoms with van der Waals surface area (Å²) in [5, 5.41) is 24.0. The minimum atomic E-state index is -0.499. The quantitative estimate of drug-likeness (QED) is 0.115. The first kappa shape index (κ1) is 29.3. The van der Waals surface area contributed by atoms with Crippen LogP contribution in [0.25, 0.3) is 0 Å². The summed E-state index contributed by atoms with van der Waals surface area (Å²) in [5.74, 6) is 0.597. The Labute approximate surface area is 249 Å². The van der Waals surface area contributed by atoms with E-state index in [0.717, 1.165) is 61.3 Å². The SMILES string of the molecule is CSc1nc(Cl)c([N+](=O)[O-])c(N2CC[N+]3(CC2)CC[N+]2(CCN(c4nc(SC)nc(Cl)c4[N+](=O)[O-])CC2)CC3)n1. The maximum Gasteiger partial charge on any atom is 0.348 e. The lowest BCUT2D eigenvalue weighted by molar-refractivity contribution is -1.03. The molecule has 0 N–H and O–H groups in total. The van der Waals surface area contributed by atoms with Crippen LogP contribution in [-0.2, 0) is 0 Å². The lowest BCUT2D eigenvalue weighted by Crippen LogP contribution is -2.73.